The molecular formula is C15H19NO3S. The Morgan fingerprint density at radius 2 is 2.10 bits per heavy atom. The van der Waals surface area contributed by atoms with Gasteiger partial charge in [0.2, 0.25) is 5.91 Å². The fraction of sp³-hybridized carbons (Fsp3) is 0.467. The van der Waals surface area contributed by atoms with Gasteiger partial charge in [-0.15, -0.1) is 11.8 Å². The summed E-state index contributed by atoms with van der Waals surface area (Å²) in [5, 5.41) is 11.8. The van der Waals surface area contributed by atoms with Crippen LogP contribution in [0.2, 0.25) is 0 Å². The van der Waals surface area contributed by atoms with Crippen molar-refractivity contribution in [2.45, 2.75) is 37.1 Å². The molecule has 2 N–H and O–H groups in total. The number of fused-ring (bicyclic) bond motifs is 1. The van der Waals surface area contributed by atoms with Crippen molar-refractivity contribution in [3.8, 4) is 0 Å². The van der Waals surface area contributed by atoms with Gasteiger partial charge in [-0.1, -0.05) is 32.0 Å². The van der Waals surface area contributed by atoms with E-state index in [1.54, 1.807) is 11.8 Å². The van der Waals surface area contributed by atoms with Crippen LogP contribution < -0.4 is 5.32 Å². The molecule has 1 aliphatic heterocycles. The number of hydrogen-bond acceptors (Lipinski definition) is 3. The first-order chi connectivity index (χ1) is 9.49. The van der Waals surface area contributed by atoms with Gasteiger partial charge in [-0.2, -0.15) is 0 Å². The zero-order chi connectivity index (χ0) is 14.7. The van der Waals surface area contributed by atoms with Gasteiger partial charge in [-0.25, -0.2) is 0 Å². The Morgan fingerprint density at radius 1 is 1.40 bits per heavy atom. The third-order valence-corrected chi connectivity index (χ3v) is 4.73. The first-order valence-corrected chi connectivity index (χ1v) is 7.71. The number of carbonyl (C=O) groups excluding carboxylic acids is 1. The van der Waals surface area contributed by atoms with Crippen LogP contribution in [-0.4, -0.2) is 28.8 Å². The van der Waals surface area contributed by atoms with Crippen molar-refractivity contribution in [2.24, 2.45) is 5.92 Å². The Labute approximate surface area is 123 Å². The van der Waals surface area contributed by atoms with Gasteiger partial charge in [0, 0.05) is 16.7 Å². The highest BCUT2D eigenvalue weighted by Crippen LogP contribution is 2.39. The maximum atomic E-state index is 12.4. The summed E-state index contributed by atoms with van der Waals surface area (Å²) in [6.45, 7) is 3.84. The molecule has 1 aromatic rings. The lowest BCUT2D eigenvalue weighted by Crippen LogP contribution is -2.42. The van der Waals surface area contributed by atoms with Gasteiger partial charge in [-0.05, 0) is 17.5 Å². The molecule has 0 bridgehead atoms. The Bertz CT molecular complexity index is 516. The molecule has 4 nitrogen and oxygen atoms in total. The van der Waals surface area contributed by atoms with Crippen molar-refractivity contribution in [2.75, 3.05) is 5.75 Å². The van der Waals surface area contributed by atoms with Crippen LogP contribution >= 0.6 is 11.8 Å². The number of nitrogens with one attached hydrogen (secondary N) is 1. The number of rotatable bonds is 5. The number of hydrogen-bond donors (Lipinski definition) is 2. The summed E-state index contributed by atoms with van der Waals surface area (Å²) in [6, 6.07) is 7.57. The van der Waals surface area contributed by atoms with Crippen LogP contribution in [0.3, 0.4) is 0 Å². The molecule has 1 aromatic carbocycles. The highest BCUT2D eigenvalue weighted by molar-refractivity contribution is 7.99. The van der Waals surface area contributed by atoms with E-state index in [0.717, 1.165) is 16.2 Å². The predicted molar refractivity (Wildman–Crippen MR) is 78.9 cm³/mol. The zero-order valence-corrected chi connectivity index (χ0v) is 12.4. The van der Waals surface area contributed by atoms with E-state index in [-0.39, 0.29) is 30.2 Å². The standard InChI is InChI=1S/C15H19NO3S/c1-9(2)12(7-14(17)18)16-15(19)11-8-20-13-6-4-3-5-10(11)13/h3-6,9,11-12H,7-8H2,1-2H3,(H,16,19)(H,17,18). The molecule has 1 amide bonds. The largest absolute Gasteiger partial charge is 0.481 e. The van der Waals surface area contributed by atoms with E-state index in [2.05, 4.69) is 5.32 Å². The fourth-order valence-electron chi connectivity index (χ4n) is 2.30. The molecule has 0 saturated heterocycles. The van der Waals surface area contributed by atoms with Crippen molar-refractivity contribution in [1.29, 1.82) is 0 Å². The van der Waals surface area contributed by atoms with Crippen LogP contribution in [0, 0.1) is 5.92 Å². The second-order valence-electron chi connectivity index (χ2n) is 5.36. The second-order valence-corrected chi connectivity index (χ2v) is 6.42. The average molecular weight is 293 g/mol. The molecule has 0 radical (unpaired) electrons. The quantitative estimate of drug-likeness (QED) is 0.875. The first-order valence-electron chi connectivity index (χ1n) is 6.73. The van der Waals surface area contributed by atoms with E-state index in [4.69, 9.17) is 5.11 Å². The molecule has 1 heterocycles. The third-order valence-electron chi connectivity index (χ3n) is 3.54. The van der Waals surface area contributed by atoms with Crippen molar-refractivity contribution in [1.82, 2.24) is 5.32 Å². The smallest absolute Gasteiger partial charge is 0.305 e. The minimum absolute atomic E-state index is 0.0368. The Morgan fingerprint density at radius 3 is 2.75 bits per heavy atom. The third kappa shape index (κ3) is 3.33. The average Bonchev–Trinajstić information content (AvgIpc) is 2.81. The van der Waals surface area contributed by atoms with Gasteiger partial charge < -0.3 is 10.4 Å². The van der Waals surface area contributed by atoms with Crippen LogP contribution in [0.5, 0.6) is 0 Å². The number of amides is 1. The molecule has 2 rings (SSSR count). The molecule has 5 heteroatoms. The van der Waals surface area contributed by atoms with E-state index in [0.29, 0.717) is 0 Å². The molecule has 2 unspecified atom stereocenters. The van der Waals surface area contributed by atoms with Crippen molar-refractivity contribution in [3.05, 3.63) is 29.8 Å². The summed E-state index contributed by atoms with van der Waals surface area (Å²) in [4.78, 5) is 24.4. The summed E-state index contributed by atoms with van der Waals surface area (Å²) >= 11 is 1.68. The first kappa shape index (κ1) is 14.9. The van der Waals surface area contributed by atoms with Gasteiger partial charge in [0.1, 0.15) is 0 Å². The van der Waals surface area contributed by atoms with Gasteiger partial charge in [0.25, 0.3) is 0 Å². The highest BCUT2D eigenvalue weighted by Gasteiger charge is 2.31. The Hall–Kier alpha value is -1.49. The summed E-state index contributed by atoms with van der Waals surface area (Å²) < 4.78 is 0. The number of carbonyl (C=O) groups is 2. The van der Waals surface area contributed by atoms with Gasteiger partial charge in [-0.3, -0.25) is 9.59 Å². The van der Waals surface area contributed by atoms with Crippen molar-refractivity contribution in [3.63, 3.8) is 0 Å². The van der Waals surface area contributed by atoms with Gasteiger partial charge >= 0.3 is 5.97 Å². The van der Waals surface area contributed by atoms with E-state index >= 15 is 0 Å². The fourth-order valence-corrected chi connectivity index (χ4v) is 3.53. The summed E-state index contributed by atoms with van der Waals surface area (Å²) in [5.74, 6) is -0.304. The number of benzene rings is 1. The maximum absolute atomic E-state index is 12.4. The van der Waals surface area contributed by atoms with Gasteiger partial charge in [0.15, 0.2) is 0 Å². The molecule has 108 valence electrons. The second kappa shape index (κ2) is 6.31. The Balaban J connectivity index is 2.07. The van der Waals surface area contributed by atoms with Crippen molar-refractivity contribution >= 4 is 23.6 Å². The van der Waals surface area contributed by atoms with Crippen LogP contribution in [0.4, 0.5) is 0 Å². The molecule has 0 aromatic heterocycles. The Kier molecular flexibility index (Phi) is 4.70. The van der Waals surface area contributed by atoms with E-state index < -0.39 is 5.97 Å². The van der Waals surface area contributed by atoms with Gasteiger partial charge in [0.05, 0.1) is 12.3 Å². The molecule has 2 atom stereocenters. The summed E-state index contributed by atoms with van der Waals surface area (Å²) in [5.41, 5.74) is 1.05. The number of thioether (sulfide) groups is 1. The zero-order valence-electron chi connectivity index (χ0n) is 11.6. The minimum Gasteiger partial charge on any atom is -0.481 e. The monoisotopic (exact) mass is 293 g/mol. The molecule has 0 fully saturated rings. The predicted octanol–water partition coefficient (Wildman–Crippen LogP) is 2.49. The van der Waals surface area contributed by atoms with Crippen LogP contribution in [-0.2, 0) is 9.59 Å². The summed E-state index contributed by atoms with van der Waals surface area (Å²) in [6.07, 6.45) is -0.0368. The van der Waals surface area contributed by atoms with Crippen LogP contribution in [0.15, 0.2) is 29.2 Å². The lowest BCUT2D eigenvalue weighted by molar-refractivity contribution is -0.138. The molecule has 20 heavy (non-hydrogen) atoms. The molecule has 0 aliphatic carbocycles. The number of carboxylic acids is 1. The molecule has 0 saturated carbocycles. The number of aliphatic carboxylic acids is 1. The minimum atomic E-state index is -0.884. The van der Waals surface area contributed by atoms with E-state index in [9.17, 15) is 9.59 Å². The van der Waals surface area contributed by atoms with E-state index in [1.165, 1.54) is 0 Å². The topological polar surface area (TPSA) is 66.4 Å². The van der Waals surface area contributed by atoms with E-state index in [1.807, 2.05) is 38.1 Å². The molecule has 0 spiro atoms. The summed E-state index contributed by atoms with van der Waals surface area (Å²) in [7, 11) is 0. The maximum Gasteiger partial charge on any atom is 0.305 e. The lowest BCUT2D eigenvalue weighted by atomic mass is 9.97. The molecular weight excluding hydrogens is 274 g/mol. The number of carboxylic acid groups (broad SMARTS) is 1. The lowest BCUT2D eigenvalue weighted by Gasteiger charge is -2.22. The normalized spacial score (nSPS) is 18.6. The molecule has 1 aliphatic rings. The SMILES string of the molecule is CC(C)C(CC(=O)O)NC(=O)C1CSc2ccccc21. The van der Waals surface area contributed by atoms with Crippen molar-refractivity contribution < 1.29 is 14.7 Å². The highest BCUT2D eigenvalue weighted by atomic mass is 32.2. The van der Waals surface area contributed by atoms with Crippen LogP contribution in [0.1, 0.15) is 31.7 Å². The van der Waals surface area contributed by atoms with Crippen LogP contribution in [0.25, 0.3) is 0 Å².